The summed E-state index contributed by atoms with van der Waals surface area (Å²) in [6, 6.07) is 0. The summed E-state index contributed by atoms with van der Waals surface area (Å²) < 4.78 is 0. The van der Waals surface area contributed by atoms with E-state index in [-0.39, 0.29) is 5.92 Å². The van der Waals surface area contributed by atoms with Crippen LogP contribution in [0.4, 0.5) is 0 Å². The molecule has 0 N–H and O–H groups in total. The minimum absolute atomic E-state index is 0.257. The summed E-state index contributed by atoms with van der Waals surface area (Å²) >= 11 is 5.69. The van der Waals surface area contributed by atoms with Gasteiger partial charge in [-0.05, 0) is 26.2 Å². The second-order valence-corrected chi connectivity index (χ2v) is 4.03. The lowest BCUT2D eigenvalue weighted by molar-refractivity contribution is -0.124. The van der Waals surface area contributed by atoms with E-state index in [1.807, 2.05) is 13.0 Å². The van der Waals surface area contributed by atoms with Gasteiger partial charge in [0.25, 0.3) is 0 Å². The summed E-state index contributed by atoms with van der Waals surface area (Å²) in [7, 11) is 0. The lowest BCUT2D eigenvalue weighted by atomic mass is 9.86. The zero-order valence-electron chi connectivity index (χ0n) is 7.48. The molecule has 0 heterocycles. The molecule has 1 rings (SSSR count). The number of ketones is 1. The standard InChI is InChI=1S/C10H15ClO/c1-8(11)6-7-9-4-2-3-5-10(9)12/h6,9H,2-5,7H2,1H3. The van der Waals surface area contributed by atoms with Crippen LogP contribution in [-0.2, 0) is 4.79 Å². The highest BCUT2D eigenvalue weighted by Gasteiger charge is 2.20. The number of carbonyl (C=O) groups excluding carboxylic acids is 1. The predicted octanol–water partition coefficient (Wildman–Crippen LogP) is 3.28. The highest BCUT2D eigenvalue weighted by molar-refractivity contribution is 6.29. The Morgan fingerprint density at radius 2 is 2.42 bits per heavy atom. The average molecular weight is 187 g/mol. The summed E-state index contributed by atoms with van der Waals surface area (Å²) in [4.78, 5) is 11.3. The molecule has 12 heavy (non-hydrogen) atoms. The number of hydrogen-bond acceptors (Lipinski definition) is 1. The first-order valence-corrected chi connectivity index (χ1v) is 4.93. The Balaban J connectivity index is 2.39. The molecule has 0 spiro atoms. The van der Waals surface area contributed by atoms with E-state index in [2.05, 4.69) is 0 Å². The molecule has 0 bridgehead atoms. The molecule has 0 saturated heterocycles. The van der Waals surface area contributed by atoms with E-state index in [1.165, 1.54) is 6.42 Å². The van der Waals surface area contributed by atoms with Crippen LogP contribution in [0, 0.1) is 5.92 Å². The molecular formula is C10H15ClO. The molecule has 0 radical (unpaired) electrons. The van der Waals surface area contributed by atoms with E-state index >= 15 is 0 Å². The van der Waals surface area contributed by atoms with Crippen molar-refractivity contribution >= 4 is 17.4 Å². The van der Waals surface area contributed by atoms with Gasteiger partial charge in [0.15, 0.2) is 0 Å². The average Bonchev–Trinajstić information content (AvgIpc) is 2.03. The van der Waals surface area contributed by atoms with Crippen LogP contribution in [0.3, 0.4) is 0 Å². The number of allylic oxidation sites excluding steroid dienone is 2. The van der Waals surface area contributed by atoms with Crippen LogP contribution in [-0.4, -0.2) is 5.78 Å². The van der Waals surface area contributed by atoms with Crippen LogP contribution >= 0.6 is 11.6 Å². The van der Waals surface area contributed by atoms with E-state index < -0.39 is 0 Å². The summed E-state index contributed by atoms with van der Waals surface area (Å²) in [5.74, 6) is 0.683. The third-order valence-electron chi connectivity index (χ3n) is 2.36. The highest BCUT2D eigenvalue weighted by Crippen LogP contribution is 2.24. The minimum Gasteiger partial charge on any atom is -0.299 e. The maximum absolute atomic E-state index is 11.3. The predicted molar refractivity (Wildman–Crippen MR) is 51.2 cm³/mol. The van der Waals surface area contributed by atoms with Gasteiger partial charge in [0.2, 0.25) is 0 Å². The Morgan fingerprint density at radius 1 is 1.67 bits per heavy atom. The fourth-order valence-corrected chi connectivity index (χ4v) is 1.70. The first-order valence-electron chi connectivity index (χ1n) is 4.55. The number of Topliss-reactive ketones (excluding diaryl/α,β-unsaturated/α-hetero) is 1. The molecule has 1 aliphatic rings. The maximum atomic E-state index is 11.3. The SMILES string of the molecule is CC(Cl)=CCC1CCCCC1=O. The quantitative estimate of drug-likeness (QED) is 0.647. The van der Waals surface area contributed by atoms with Crippen molar-refractivity contribution in [3.05, 3.63) is 11.1 Å². The van der Waals surface area contributed by atoms with Crippen LogP contribution < -0.4 is 0 Å². The fraction of sp³-hybridized carbons (Fsp3) is 0.700. The van der Waals surface area contributed by atoms with E-state index in [1.54, 1.807) is 0 Å². The molecule has 1 fully saturated rings. The van der Waals surface area contributed by atoms with Crippen molar-refractivity contribution in [3.8, 4) is 0 Å². The van der Waals surface area contributed by atoms with Crippen molar-refractivity contribution in [2.24, 2.45) is 5.92 Å². The molecule has 0 aromatic heterocycles. The van der Waals surface area contributed by atoms with Gasteiger partial charge in [0, 0.05) is 17.4 Å². The molecule has 0 aromatic carbocycles. The van der Waals surface area contributed by atoms with Gasteiger partial charge >= 0.3 is 0 Å². The highest BCUT2D eigenvalue weighted by atomic mass is 35.5. The lowest BCUT2D eigenvalue weighted by Gasteiger charge is -2.18. The second kappa shape index (κ2) is 4.66. The zero-order chi connectivity index (χ0) is 8.97. The number of halogens is 1. The second-order valence-electron chi connectivity index (χ2n) is 3.44. The molecule has 1 saturated carbocycles. The minimum atomic E-state index is 0.257. The van der Waals surface area contributed by atoms with Crippen molar-refractivity contribution in [2.75, 3.05) is 0 Å². The molecule has 68 valence electrons. The van der Waals surface area contributed by atoms with Crippen LogP contribution in [0.1, 0.15) is 39.0 Å². The van der Waals surface area contributed by atoms with E-state index in [4.69, 9.17) is 11.6 Å². The molecule has 1 nitrogen and oxygen atoms in total. The Kier molecular flexibility index (Phi) is 3.80. The normalized spacial score (nSPS) is 26.0. The Hall–Kier alpha value is -0.300. The zero-order valence-corrected chi connectivity index (χ0v) is 8.23. The molecule has 2 heteroatoms. The molecule has 1 atom stereocenters. The van der Waals surface area contributed by atoms with Gasteiger partial charge in [-0.1, -0.05) is 24.1 Å². The Bertz CT molecular complexity index is 192. The van der Waals surface area contributed by atoms with Crippen LogP contribution in [0.15, 0.2) is 11.1 Å². The summed E-state index contributed by atoms with van der Waals surface area (Å²) in [5.41, 5.74) is 0. The largest absolute Gasteiger partial charge is 0.299 e. The van der Waals surface area contributed by atoms with Crippen LogP contribution in [0.2, 0.25) is 0 Å². The number of rotatable bonds is 2. The van der Waals surface area contributed by atoms with Gasteiger partial charge in [0.05, 0.1) is 0 Å². The smallest absolute Gasteiger partial charge is 0.136 e. The van der Waals surface area contributed by atoms with E-state index in [0.717, 1.165) is 30.7 Å². The molecule has 0 amide bonds. The third kappa shape index (κ3) is 2.98. The van der Waals surface area contributed by atoms with Crippen molar-refractivity contribution < 1.29 is 4.79 Å². The first kappa shape index (κ1) is 9.79. The van der Waals surface area contributed by atoms with Gasteiger partial charge in [0.1, 0.15) is 5.78 Å². The van der Waals surface area contributed by atoms with Crippen molar-refractivity contribution in [1.29, 1.82) is 0 Å². The number of hydrogen-bond donors (Lipinski definition) is 0. The maximum Gasteiger partial charge on any atom is 0.136 e. The van der Waals surface area contributed by atoms with Gasteiger partial charge in [-0.25, -0.2) is 0 Å². The number of carbonyl (C=O) groups is 1. The van der Waals surface area contributed by atoms with Crippen molar-refractivity contribution in [1.82, 2.24) is 0 Å². The van der Waals surface area contributed by atoms with Gasteiger partial charge in [-0.15, -0.1) is 0 Å². The van der Waals surface area contributed by atoms with Gasteiger partial charge < -0.3 is 0 Å². The Morgan fingerprint density at radius 3 is 3.00 bits per heavy atom. The van der Waals surface area contributed by atoms with Crippen LogP contribution in [0.5, 0.6) is 0 Å². The Labute approximate surface area is 78.8 Å². The summed E-state index contributed by atoms with van der Waals surface area (Å²) in [6.07, 6.45) is 6.91. The van der Waals surface area contributed by atoms with Crippen molar-refractivity contribution in [3.63, 3.8) is 0 Å². The molecule has 0 aromatic rings. The molecule has 1 unspecified atom stereocenters. The third-order valence-corrected chi connectivity index (χ3v) is 2.52. The van der Waals surface area contributed by atoms with Gasteiger partial charge in [-0.3, -0.25) is 4.79 Å². The monoisotopic (exact) mass is 186 g/mol. The van der Waals surface area contributed by atoms with Crippen LogP contribution in [0.25, 0.3) is 0 Å². The van der Waals surface area contributed by atoms with E-state index in [0.29, 0.717) is 5.78 Å². The van der Waals surface area contributed by atoms with Crippen molar-refractivity contribution in [2.45, 2.75) is 39.0 Å². The first-order chi connectivity index (χ1) is 5.70. The topological polar surface area (TPSA) is 17.1 Å². The van der Waals surface area contributed by atoms with Gasteiger partial charge in [-0.2, -0.15) is 0 Å². The summed E-state index contributed by atoms with van der Waals surface area (Å²) in [5, 5.41) is 0.799. The molecule has 1 aliphatic carbocycles. The lowest BCUT2D eigenvalue weighted by Crippen LogP contribution is -2.18. The summed E-state index contributed by atoms with van der Waals surface area (Å²) in [6.45, 7) is 1.86. The molecule has 0 aliphatic heterocycles. The molecular weight excluding hydrogens is 172 g/mol. The van der Waals surface area contributed by atoms with E-state index in [9.17, 15) is 4.79 Å². The fourth-order valence-electron chi connectivity index (χ4n) is 1.61.